The zero-order valence-corrected chi connectivity index (χ0v) is 50.0. The summed E-state index contributed by atoms with van der Waals surface area (Å²) in [4.78, 5) is 0. The van der Waals surface area contributed by atoms with Crippen LogP contribution in [0.1, 0.15) is 235 Å². The molecule has 0 saturated heterocycles. The van der Waals surface area contributed by atoms with Crippen LogP contribution >= 0.6 is 0 Å². The molecule has 0 saturated carbocycles. The van der Waals surface area contributed by atoms with Crippen LogP contribution in [-0.2, 0) is 59.0 Å². The summed E-state index contributed by atoms with van der Waals surface area (Å²) < 4.78 is -0.227. The van der Waals surface area contributed by atoms with Gasteiger partial charge in [0.25, 0.3) is 0 Å². The molecule has 0 bridgehead atoms. The van der Waals surface area contributed by atoms with Crippen molar-refractivity contribution >= 4 is 29.2 Å². The summed E-state index contributed by atoms with van der Waals surface area (Å²) in [6, 6.07) is 36.4. The minimum atomic E-state index is -3.03. The van der Waals surface area contributed by atoms with Gasteiger partial charge in [0.05, 0.1) is 0 Å². The largest absolute Gasteiger partial charge is 1.00 e. The summed E-state index contributed by atoms with van der Waals surface area (Å²) in [7, 11) is -3.03. The molecule has 0 N–H and O–H groups in total. The molecule has 384 valence electrons. The van der Waals surface area contributed by atoms with Gasteiger partial charge in [-0.05, 0) is 0 Å². The quantitative estimate of drug-likeness (QED) is 0.0246. The first kappa shape index (κ1) is 64.3. The topological polar surface area (TPSA) is 0 Å². The van der Waals surface area contributed by atoms with Gasteiger partial charge in [-0.3, -0.25) is 0 Å². The summed E-state index contributed by atoms with van der Waals surface area (Å²) in [6.07, 6.45) is 46.0. The number of hydrogen-bond acceptors (Lipinski definition) is 0. The fraction of sp³-hybridized carbons (Fsp3) is 0.569. The fourth-order valence-electron chi connectivity index (χ4n) is 11.3. The molecule has 0 aromatic heterocycles. The normalized spacial score (nSPS) is 14.3. The molecule has 0 amide bonds. The third kappa shape index (κ3) is 18.8. The Bertz CT molecular complexity index is 1810. The van der Waals surface area contributed by atoms with Gasteiger partial charge in [-0.1, -0.05) is 0 Å². The molecular formula is C65H95Cl3SiTi. The second-order valence-electron chi connectivity index (χ2n) is 20.8. The van der Waals surface area contributed by atoms with Gasteiger partial charge >= 0.3 is 429 Å². The van der Waals surface area contributed by atoms with E-state index in [0.717, 1.165) is 0 Å². The van der Waals surface area contributed by atoms with Gasteiger partial charge in [0.15, 0.2) is 0 Å². The molecule has 0 heterocycles. The van der Waals surface area contributed by atoms with Crippen LogP contribution in [0.15, 0.2) is 103 Å². The molecule has 5 heteroatoms. The van der Waals surface area contributed by atoms with Gasteiger partial charge in [0.2, 0.25) is 0 Å². The minimum absolute atomic E-state index is 0. The van der Waals surface area contributed by atoms with E-state index in [1.807, 2.05) is 0 Å². The number of rotatable bonds is 35. The first-order valence-electron chi connectivity index (χ1n) is 28.5. The van der Waals surface area contributed by atoms with E-state index in [9.17, 15) is 0 Å². The van der Waals surface area contributed by atoms with E-state index in [1.165, 1.54) is 204 Å². The Labute approximate surface area is 463 Å². The Morgan fingerprint density at radius 3 is 0.886 bits per heavy atom. The van der Waals surface area contributed by atoms with E-state index in [2.05, 4.69) is 165 Å². The average molecular weight is 1060 g/mol. The third-order valence-corrected chi connectivity index (χ3v) is 22.6. The monoisotopic (exact) mass is 1060 g/mol. The van der Waals surface area contributed by atoms with Crippen molar-refractivity contribution in [2.24, 2.45) is 0 Å². The van der Waals surface area contributed by atoms with Crippen LogP contribution in [-0.4, -0.2) is 8.07 Å². The first-order chi connectivity index (χ1) is 32.9. The Kier molecular flexibility index (Phi) is 33.2. The summed E-state index contributed by atoms with van der Waals surface area (Å²) in [6.45, 7) is 14.1. The molecule has 1 unspecified atom stereocenters. The smallest absolute Gasteiger partial charge is 1.00 e. The van der Waals surface area contributed by atoms with E-state index < -0.39 is 8.07 Å². The second kappa shape index (κ2) is 36.2. The van der Waals surface area contributed by atoms with Gasteiger partial charge in [-0.25, -0.2) is 0 Å². The maximum Gasteiger partial charge on any atom is -1.00 e. The predicted molar refractivity (Wildman–Crippen MR) is 297 cm³/mol. The van der Waals surface area contributed by atoms with Crippen molar-refractivity contribution < 1.29 is 57.7 Å². The molecule has 0 radical (unpaired) electrons. The molecule has 0 aliphatic heterocycles. The van der Waals surface area contributed by atoms with Crippen molar-refractivity contribution in [2.45, 2.75) is 238 Å². The van der Waals surface area contributed by atoms with Crippen LogP contribution in [0.25, 0.3) is 5.57 Å². The van der Waals surface area contributed by atoms with Crippen LogP contribution < -0.4 is 52.8 Å². The molecule has 4 aromatic rings. The molecule has 0 nitrogen and oxygen atoms in total. The standard InChI is InChI=1S/C65H95Si.3ClH.Ti/c1-7-13-19-26-35-54-45-55(36-27-20-14-8-2)49-61(48-54)66(65-44-34-43-64(65)60-41-32-25-33-42-60,62-50-56(37-28-21-15-9-3)46-57(51-62)38-29-22-16-10-4)63-52-58(39-30-23-17-11-5)47-59(53-63)40-31-24-18-12-6;;;;/h25,32-34,41-53H,7-24,26-31,35-40H2,1-6H3;3*1H;/q;;;;+3/p-3. The molecule has 5 rings (SSSR count). The Hall–Kier alpha value is -1.84. The summed E-state index contributed by atoms with van der Waals surface area (Å²) in [5, 5.41) is 4.96. The number of allylic oxidation sites excluding steroid dienone is 4. The van der Waals surface area contributed by atoms with Crippen LogP contribution in [0.4, 0.5) is 0 Å². The maximum atomic E-state index is 2.80. The zero-order chi connectivity index (χ0) is 47.6. The Morgan fingerprint density at radius 1 is 0.357 bits per heavy atom. The molecular weight excluding hydrogens is 963 g/mol. The SMILES string of the molecule is CCCCCCc1cc(CCCCCC)cc([Si](c2cc(CCCCCC)cc(CCCCCC)c2)(c2cc(CCCCCC)cc(CCCCCC)c2)[C]2([Ti+3])C=CC=C2c2ccccc2)c1.[Cl-].[Cl-].[Cl-]. The minimum Gasteiger partial charge on any atom is -1.00 e. The van der Waals surface area contributed by atoms with Gasteiger partial charge in [0, 0.05) is 0 Å². The second-order valence-corrected chi connectivity index (χ2v) is 26.9. The van der Waals surface area contributed by atoms with Crippen LogP contribution in [0, 0.1) is 0 Å². The first-order valence-corrected chi connectivity index (χ1v) is 31.2. The van der Waals surface area contributed by atoms with E-state index in [4.69, 9.17) is 0 Å². The average Bonchev–Trinajstić information content (AvgIpc) is 3.74. The van der Waals surface area contributed by atoms with E-state index in [-0.39, 0.29) is 40.6 Å². The van der Waals surface area contributed by atoms with Gasteiger partial charge in [0.1, 0.15) is 0 Å². The molecule has 0 fully saturated rings. The predicted octanol–water partition coefficient (Wildman–Crippen LogP) is 8.80. The van der Waals surface area contributed by atoms with Gasteiger partial charge in [-0.2, -0.15) is 0 Å². The van der Waals surface area contributed by atoms with Gasteiger partial charge < -0.3 is 37.2 Å². The van der Waals surface area contributed by atoms with Crippen molar-refractivity contribution in [2.75, 3.05) is 0 Å². The zero-order valence-electron chi connectivity index (χ0n) is 45.2. The Morgan fingerprint density at radius 2 is 0.629 bits per heavy atom. The Balaban J connectivity index is 0.00000560. The number of halogens is 3. The van der Waals surface area contributed by atoms with Crippen molar-refractivity contribution in [3.63, 3.8) is 0 Å². The molecule has 1 aliphatic rings. The number of hydrogen-bond donors (Lipinski definition) is 0. The van der Waals surface area contributed by atoms with Crippen molar-refractivity contribution in [1.82, 2.24) is 0 Å². The van der Waals surface area contributed by atoms with Crippen molar-refractivity contribution in [1.29, 1.82) is 0 Å². The maximum absolute atomic E-state index is 3.03. The van der Waals surface area contributed by atoms with E-state index >= 15 is 0 Å². The number of benzene rings is 4. The van der Waals surface area contributed by atoms with Crippen LogP contribution in [0.5, 0.6) is 0 Å². The van der Waals surface area contributed by atoms with Crippen LogP contribution in [0.2, 0.25) is 3.34 Å². The van der Waals surface area contributed by atoms with E-state index in [1.54, 1.807) is 48.9 Å². The van der Waals surface area contributed by atoms with Crippen LogP contribution in [0.3, 0.4) is 0 Å². The molecule has 4 aromatic carbocycles. The van der Waals surface area contributed by atoms with E-state index in [0.29, 0.717) is 0 Å². The molecule has 70 heavy (non-hydrogen) atoms. The summed E-state index contributed by atoms with van der Waals surface area (Å²) >= 11 is 2.71. The van der Waals surface area contributed by atoms with Gasteiger partial charge in [-0.15, -0.1) is 0 Å². The third-order valence-electron chi connectivity index (χ3n) is 15.1. The summed E-state index contributed by atoms with van der Waals surface area (Å²) in [5.41, 5.74) is 12.4. The summed E-state index contributed by atoms with van der Waals surface area (Å²) in [5.74, 6) is 0. The number of unbranched alkanes of at least 4 members (excludes halogenated alkanes) is 18. The molecule has 0 spiro atoms. The van der Waals surface area contributed by atoms with Crippen molar-refractivity contribution in [3.8, 4) is 0 Å². The molecule has 1 atom stereocenters. The van der Waals surface area contributed by atoms with Crippen molar-refractivity contribution in [3.05, 3.63) is 142 Å². The number of aryl methyl sites for hydroxylation is 6. The molecule has 1 aliphatic carbocycles. The fourth-order valence-corrected chi connectivity index (χ4v) is 19.6.